The molecule has 13 heavy (non-hydrogen) atoms. The highest BCUT2D eigenvalue weighted by Crippen LogP contribution is 2.35. The molecule has 1 nitrogen and oxygen atoms in total. The summed E-state index contributed by atoms with van der Waals surface area (Å²) >= 11 is 0. The SMILES string of the molecule is C=C(C)C(/C(C=N)=C/C)C(F)(F)F. The first-order valence-corrected chi connectivity index (χ1v) is 3.73. The van der Waals surface area contributed by atoms with Crippen LogP contribution >= 0.6 is 0 Å². The Bertz CT molecular complexity index is 238. The van der Waals surface area contributed by atoms with Crippen molar-refractivity contribution >= 4 is 6.21 Å². The fourth-order valence-corrected chi connectivity index (χ4v) is 1.09. The molecule has 1 unspecified atom stereocenters. The highest BCUT2D eigenvalue weighted by atomic mass is 19.4. The lowest BCUT2D eigenvalue weighted by Crippen LogP contribution is -2.26. The largest absolute Gasteiger partial charge is 0.399 e. The van der Waals surface area contributed by atoms with Crippen molar-refractivity contribution in [2.45, 2.75) is 20.0 Å². The van der Waals surface area contributed by atoms with E-state index in [1.54, 1.807) is 0 Å². The van der Waals surface area contributed by atoms with Crippen molar-refractivity contribution in [2.75, 3.05) is 0 Å². The maximum atomic E-state index is 12.4. The first-order valence-electron chi connectivity index (χ1n) is 3.73. The van der Waals surface area contributed by atoms with E-state index in [9.17, 15) is 13.2 Å². The molecule has 0 aromatic heterocycles. The third kappa shape index (κ3) is 3.05. The van der Waals surface area contributed by atoms with Crippen molar-refractivity contribution in [3.63, 3.8) is 0 Å². The molecular weight excluding hydrogens is 179 g/mol. The molecule has 0 radical (unpaired) electrons. The monoisotopic (exact) mass is 191 g/mol. The van der Waals surface area contributed by atoms with Crippen molar-refractivity contribution in [2.24, 2.45) is 5.92 Å². The molecule has 0 aliphatic carbocycles. The van der Waals surface area contributed by atoms with Crippen molar-refractivity contribution in [3.8, 4) is 0 Å². The molecule has 0 rings (SSSR count). The summed E-state index contributed by atoms with van der Waals surface area (Å²) < 4.78 is 37.2. The van der Waals surface area contributed by atoms with Gasteiger partial charge in [-0.1, -0.05) is 18.2 Å². The normalized spacial score (nSPS) is 15.3. The molecule has 0 bridgehead atoms. The van der Waals surface area contributed by atoms with E-state index in [0.717, 1.165) is 0 Å². The number of halogens is 3. The fraction of sp³-hybridized carbons (Fsp3) is 0.444. The number of allylic oxidation sites excluding steroid dienone is 3. The molecule has 0 spiro atoms. The molecule has 0 aliphatic rings. The summed E-state index contributed by atoms with van der Waals surface area (Å²) in [5, 5.41) is 6.83. The number of rotatable bonds is 3. The lowest BCUT2D eigenvalue weighted by Gasteiger charge is -2.20. The second kappa shape index (κ2) is 4.25. The maximum absolute atomic E-state index is 12.4. The Hall–Kier alpha value is -1.06. The molecule has 1 atom stereocenters. The second-order valence-electron chi connectivity index (χ2n) is 2.75. The van der Waals surface area contributed by atoms with Gasteiger partial charge in [0.05, 0.1) is 0 Å². The van der Waals surface area contributed by atoms with Gasteiger partial charge in [-0.05, 0) is 19.4 Å². The van der Waals surface area contributed by atoms with Crippen LogP contribution in [-0.2, 0) is 0 Å². The minimum Gasteiger partial charge on any atom is -0.308 e. The molecule has 0 heterocycles. The fourth-order valence-electron chi connectivity index (χ4n) is 1.09. The summed E-state index contributed by atoms with van der Waals surface area (Å²) in [5.74, 6) is -1.71. The van der Waals surface area contributed by atoms with Gasteiger partial charge in [-0.2, -0.15) is 13.2 Å². The zero-order valence-electron chi connectivity index (χ0n) is 7.57. The number of hydrogen-bond acceptors (Lipinski definition) is 1. The Morgan fingerprint density at radius 1 is 1.46 bits per heavy atom. The van der Waals surface area contributed by atoms with Crippen LogP contribution < -0.4 is 0 Å². The molecule has 4 heteroatoms. The summed E-state index contributed by atoms with van der Waals surface area (Å²) in [4.78, 5) is 0. The summed E-state index contributed by atoms with van der Waals surface area (Å²) in [6.07, 6.45) is -2.36. The van der Waals surface area contributed by atoms with Crippen LogP contribution in [0.15, 0.2) is 23.8 Å². The van der Waals surface area contributed by atoms with E-state index in [0.29, 0.717) is 6.21 Å². The van der Waals surface area contributed by atoms with Crippen LogP contribution in [0.3, 0.4) is 0 Å². The zero-order valence-corrected chi connectivity index (χ0v) is 7.57. The van der Waals surface area contributed by atoms with Gasteiger partial charge in [-0.15, -0.1) is 0 Å². The Morgan fingerprint density at radius 2 is 1.92 bits per heavy atom. The molecule has 0 saturated heterocycles. The number of nitrogens with one attached hydrogen (secondary N) is 1. The minimum atomic E-state index is -4.36. The van der Waals surface area contributed by atoms with Gasteiger partial charge >= 0.3 is 6.18 Å². The molecular formula is C9H12F3N. The van der Waals surface area contributed by atoms with Crippen LogP contribution in [0.1, 0.15) is 13.8 Å². The first kappa shape index (κ1) is 11.9. The Labute approximate surface area is 75.5 Å². The van der Waals surface area contributed by atoms with Gasteiger partial charge < -0.3 is 5.41 Å². The quantitative estimate of drug-likeness (QED) is 0.522. The average molecular weight is 191 g/mol. The van der Waals surface area contributed by atoms with E-state index in [2.05, 4.69) is 6.58 Å². The molecule has 0 saturated carbocycles. The summed E-state index contributed by atoms with van der Waals surface area (Å²) in [7, 11) is 0. The molecule has 74 valence electrons. The van der Waals surface area contributed by atoms with Gasteiger partial charge in [0.2, 0.25) is 0 Å². The second-order valence-corrected chi connectivity index (χ2v) is 2.75. The first-order chi connectivity index (χ1) is 5.84. The molecule has 1 N–H and O–H groups in total. The third-order valence-corrected chi connectivity index (χ3v) is 1.65. The van der Waals surface area contributed by atoms with Crippen LogP contribution in [0.25, 0.3) is 0 Å². The maximum Gasteiger partial charge on any atom is 0.399 e. The van der Waals surface area contributed by atoms with Gasteiger partial charge in [0.15, 0.2) is 0 Å². The van der Waals surface area contributed by atoms with Crippen LogP contribution in [-0.4, -0.2) is 12.4 Å². The van der Waals surface area contributed by atoms with E-state index < -0.39 is 12.1 Å². The smallest absolute Gasteiger partial charge is 0.308 e. The topological polar surface area (TPSA) is 23.9 Å². The predicted molar refractivity (Wildman–Crippen MR) is 46.9 cm³/mol. The van der Waals surface area contributed by atoms with Crippen molar-refractivity contribution in [1.29, 1.82) is 5.41 Å². The predicted octanol–water partition coefficient (Wildman–Crippen LogP) is 3.34. The van der Waals surface area contributed by atoms with Crippen LogP contribution in [0.2, 0.25) is 0 Å². The van der Waals surface area contributed by atoms with Crippen molar-refractivity contribution in [1.82, 2.24) is 0 Å². The lowest BCUT2D eigenvalue weighted by atomic mass is 9.92. The molecule has 0 aliphatic heterocycles. The van der Waals surface area contributed by atoms with E-state index in [-0.39, 0.29) is 11.1 Å². The highest BCUT2D eigenvalue weighted by Gasteiger charge is 2.41. The van der Waals surface area contributed by atoms with Crippen molar-refractivity contribution in [3.05, 3.63) is 23.8 Å². The van der Waals surface area contributed by atoms with Crippen LogP contribution in [0.4, 0.5) is 13.2 Å². The van der Waals surface area contributed by atoms with Gasteiger partial charge in [0, 0.05) is 6.21 Å². The van der Waals surface area contributed by atoms with Gasteiger partial charge in [0.25, 0.3) is 0 Å². The van der Waals surface area contributed by atoms with E-state index in [4.69, 9.17) is 5.41 Å². The van der Waals surface area contributed by atoms with E-state index in [1.807, 2.05) is 0 Å². The van der Waals surface area contributed by atoms with Crippen LogP contribution in [0, 0.1) is 11.3 Å². The van der Waals surface area contributed by atoms with Gasteiger partial charge in [-0.25, -0.2) is 0 Å². The van der Waals surface area contributed by atoms with Crippen molar-refractivity contribution < 1.29 is 13.2 Å². The Morgan fingerprint density at radius 3 is 2.00 bits per heavy atom. The van der Waals surface area contributed by atoms with E-state index >= 15 is 0 Å². The Kier molecular flexibility index (Phi) is 3.91. The van der Waals surface area contributed by atoms with Gasteiger partial charge in [0.1, 0.15) is 5.92 Å². The average Bonchev–Trinajstić information content (AvgIpc) is 1.96. The van der Waals surface area contributed by atoms with Gasteiger partial charge in [-0.3, -0.25) is 0 Å². The highest BCUT2D eigenvalue weighted by molar-refractivity contribution is 5.77. The minimum absolute atomic E-state index is 0.00380. The standard InChI is InChI=1S/C9H12F3N/c1-4-7(5-13)8(6(2)3)9(10,11)12/h4-5,8,13H,2H2,1,3H3/b7-4+,13-5?. The van der Waals surface area contributed by atoms with Crippen LogP contribution in [0.5, 0.6) is 0 Å². The molecule has 0 aromatic carbocycles. The lowest BCUT2D eigenvalue weighted by molar-refractivity contribution is -0.152. The Balaban J connectivity index is 5.04. The third-order valence-electron chi connectivity index (χ3n) is 1.65. The molecule has 0 amide bonds. The number of hydrogen-bond donors (Lipinski definition) is 1. The molecule has 0 aromatic rings. The number of alkyl halides is 3. The zero-order chi connectivity index (χ0) is 10.6. The molecule has 0 fully saturated rings. The van der Waals surface area contributed by atoms with E-state index in [1.165, 1.54) is 19.9 Å². The summed E-state index contributed by atoms with van der Waals surface area (Å²) in [5.41, 5.74) is -0.0656. The summed E-state index contributed by atoms with van der Waals surface area (Å²) in [6.45, 7) is 6.06. The summed E-state index contributed by atoms with van der Waals surface area (Å²) in [6, 6.07) is 0.